The summed E-state index contributed by atoms with van der Waals surface area (Å²) in [6.45, 7) is 0.383. The van der Waals surface area contributed by atoms with Crippen LogP contribution in [0.15, 0.2) is 48.5 Å². The smallest absolute Gasteiger partial charge is 0.150 e. The Hall–Kier alpha value is -2.33. The van der Waals surface area contributed by atoms with Gasteiger partial charge >= 0.3 is 0 Å². The summed E-state index contributed by atoms with van der Waals surface area (Å²) < 4.78 is 5.65. The second kappa shape index (κ2) is 8.72. The van der Waals surface area contributed by atoms with Crippen molar-refractivity contribution in [3.05, 3.63) is 59.7 Å². The van der Waals surface area contributed by atoms with Gasteiger partial charge in [0.05, 0.1) is 0 Å². The third kappa shape index (κ3) is 4.40. The SMILES string of the molecule is CN.CNc1ccc(C=O)c(COc2ccccc2)c1. The van der Waals surface area contributed by atoms with Crippen molar-refractivity contribution in [2.45, 2.75) is 6.61 Å². The first-order chi connectivity index (χ1) is 9.83. The van der Waals surface area contributed by atoms with Crippen LogP contribution >= 0.6 is 0 Å². The van der Waals surface area contributed by atoms with Crippen molar-refractivity contribution < 1.29 is 9.53 Å². The van der Waals surface area contributed by atoms with E-state index in [9.17, 15) is 4.79 Å². The molecule has 0 saturated heterocycles. The van der Waals surface area contributed by atoms with E-state index in [1.807, 2.05) is 49.5 Å². The maximum absolute atomic E-state index is 11.0. The molecule has 0 aliphatic heterocycles. The quantitative estimate of drug-likeness (QED) is 0.821. The van der Waals surface area contributed by atoms with Gasteiger partial charge in [0, 0.05) is 23.9 Å². The zero-order valence-electron chi connectivity index (χ0n) is 11.8. The molecule has 2 aromatic rings. The van der Waals surface area contributed by atoms with Gasteiger partial charge in [-0.25, -0.2) is 0 Å². The van der Waals surface area contributed by atoms with Gasteiger partial charge in [-0.15, -0.1) is 0 Å². The first-order valence-electron chi connectivity index (χ1n) is 6.35. The summed E-state index contributed by atoms with van der Waals surface area (Å²) in [5, 5.41) is 3.05. The summed E-state index contributed by atoms with van der Waals surface area (Å²) in [6.07, 6.45) is 0.850. The van der Waals surface area contributed by atoms with Crippen molar-refractivity contribution in [3.8, 4) is 5.75 Å². The normalized spacial score (nSPS) is 9.15. The highest BCUT2D eigenvalue weighted by atomic mass is 16.5. The molecular weight excluding hydrogens is 252 g/mol. The zero-order valence-corrected chi connectivity index (χ0v) is 11.8. The predicted molar refractivity (Wildman–Crippen MR) is 82.3 cm³/mol. The van der Waals surface area contributed by atoms with Crippen LogP contribution in [0.1, 0.15) is 15.9 Å². The Morgan fingerprint density at radius 1 is 1.15 bits per heavy atom. The predicted octanol–water partition coefficient (Wildman–Crippen LogP) is 2.69. The molecule has 3 N–H and O–H groups in total. The topological polar surface area (TPSA) is 64.3 Å². The number of para-hydroxylation sites is 1. The van der Waals surface area contributed by atoms with E-state index in [2.05, 4.69) is 11.1 Å². The molecule has 0 atom stereocenters. The van der Waals surface area contributed by atoms with E-state index in [1.165, 1.54) is 7.05 Å². The fourth-order valence-electron chi connectivity index (χ4n) is 1.68. The van der Waals surface area contributed by atoms with Gasteiger partial charge in [-0.1, -0.05) is 18.2 Å². The standard InChI is InChI=1S/C15H15NO2.CH5N/c1-16-14-8-7-12(10-17)13(9-14)11-18-15-5-3-2-4-6-15;1-2/h2-10,16H,11H2,1H3;2H2,1H3. The van der Waals surface area contributed by atoms with E-state index in [0.29, 0.717) is 12.2 Å². The maximum Gasteiger partial charge on any atom is 0.150 e. The molecule has 4 nitrogen and oxygen atoms in total. The van der Waals surface area contributed by atoms with Crippen LogP contribution in [0.2, 0.25) is 0 Å². The maximum atomic E-state index is 11.0. The van der Waals surface area contributed by atoms with Crippen molar-refractivity contribution in [1.82, 2.24) is 0 Å². The van der Waals surface area contributed by atoms with Crippen LogP contribution in [0.3, 0.4) is 0 Å². The molecule has 0 heterocycles. The Morgan fingerprint density at radius 2 is 1.85 bits per heavy atom. The summed E-state index contributed by atoms with van der Waals surface area (Å²) in [7, 11) is 3.34. The highest BCUT2D eigenvalue weighted by molar-refractivity contribution is 5.78. The van der Waals surface area contributed by atoms with E-state index in [4.69, 9.17) is 4.74 Å². The highest BCUT2D eigenvalue weighted by Crippen LogP contribution is 2.17. The van der Waals surface area contributed by atoms with Gasteiger partial charge in [0.25, 0.3) is 0 Å². The van der Waals surface area contributed by atoms with Crippen molar-refractivity contribution in [2.24, 2.45) is 5.73 Å². The molecule has 106 valence electrons. The first kappa shape index (κ1) is 15.7. The van der Waals surface area contributed by atoms with E-state index in [1.54, 1.807) is 6.07 Å². The number of carbonyl (C=O) groups is 1. The molecule has 0 fully saturated rings. The summed E-state index contributed by atoms with van der Waals surface area (Å²) >= 11 is 0. The molecule has 2 aromatic carbocycles. The lowest BCUT2D eigenvalue weighted by molar-refractivity contribution is 0.112. The second-order valence-corrected chi connectivity index (χ2v) is 3.88. The van der Waals surface area contributed by atoms with Crippen LogP contribution in [0.25, 0.3) is 0 Å². The Bertz CT molecular complexity index is 527. The number of nitrogens with one attached hydrogen (secondary N) is 1. The second-order valence-electron chi connectivity index (χ2n) is 3.88. The van der Waals surface area contributed by atoms with Crippen molar-refractivity contribution >= 4 is 12.0 Å². The molecule has 0 spiro atoms. The number of aldehydes is 1. The molecule has 0 aromatic heterocycles. The van der Waals surface area contributed by atoms with Crippen LogP contribution < -0.4 is 15.8 Å². The van der Waals surface area contributed by atoms with Gasteiger partial charge in [-0.05, 0) is 37.4 Å². The fourth-order valence-corrected chi connectivity index (χ4v) is 1.68. The lowest BCUT2D eigenvalue weighted by Crippen LogP contribution is -2.01. The average molecular weight is 272 g/mol. The Labute approximate surface area is 119 Å². The van der Waals surface area contributed by atoms with E-state index in [0.717, 1.165) is 23.3 Å². The third-order valence-electron chi connectivity index (χ3n) is 2.70. The third-order valence-corrected chi connectivity index (χ3v) is 2.70. The molecule has 4 heteroatoms. The van der Waals surface area contributed by atoms with Crippen LogP contribution in [0, 0.1) is 0 Å². The van der Waals surface area contributed by atoms with E-state index in [-0.39, 0.29) is 0 Å². The van der Waals surface area contributed by atoms with E-state index >= 15 is 0 Å². The Balaban J connectivity index is 0.000000956. The van der Waals surface area contributed by atoms with E-state index < -0.39 is 0 Å². The number of rotatable bonds is 5. The first-order valence-corrected chi connectivity index (χ1v) is 6.35. The molecule has 0 saturated carbocycles. The molecule has 0 bridgehead atoms. The number of ether oxygens (including phenoxy) is 1. The Morgan fingerprint density at radius 3 is 2.45 bits per heavy atom. The summed E-state index contributed by atoms with van der Waals surface area (Å²) in [5.74, 6) is 0.796. The molecule has 2 rings (SSSR count). The molecule has 0 aliphatic rings. The van der Waals surface area contributed by atoms with Crippen molar-refractivity contribution in [1.29, 1.82) is 0 Å². The van der Waals surface area contributed by atoms with Gasteiger partial charge in [0.15, 0.2) is 0 Å². The molecule has 20 heavy (non-hydrogen) atoms. The number of hydrogen-bond donors (Lipinski definition) is 2. The minimum absolute atomic E-state index is 0.383. The van der Waals surface area contributed by atoms with Gasteiger partial charge in [-0.2, -0.15) is 0 Å². The molecule has 0 amide bonds. The van der Waals surface area contributed by atoms with Crippen LogP contribution in [0.4, 0.5) is 5.69 Å². The van der Waals surface area contributed by atoms with Crippen molar-refractivity contribution in [2.75, 3.05) is 19.4 Å². The van der Waals surface area contributed by atoms with Gasteiger partial charge in [0.2, 0.25) is 0 Å². The number of benzene rings is 2. The number of anilines is 1. The van der Waals surface area contributed by atoms with Gasteiger partial charge < -0.3 is 15.8 Å². The largest absolute Gasteiger partial charge is 0.489 e. The highest BCUT2D eigenvalue weighted by Gasteiger charge is 2.04. The minimum atomic E-state index is 0.383. The van der Waals surface area contributed by atoms with Crippen molar-refractivity contribution in [3.63, 3.8) is 0 Å². The molecule has 0 radical (unpaired) electrons. The zero-order chi connectivity index (χ0) is 14.8. The molecule has 0 aliphatic carbocycles. The Kier molecular flexibility index (Phi) is 6.85. The van der Waals surface area contributed by atoms with Crippen LogP contribution in [0.5, 0.6) is 5.75 Å². The van der Waals surface area contributed by atoms with Crippen LogP contribution in [-0.2, 0) is 6.61 Å². The fraction of sp³-hybridized carbons (Fsp3) is 0.188. The number of carbonyl (C=O) groups excluding carboxylic acids is 1. The lowest BCUT2D eigenvalue weighted by Gasteiger charge is -2.10. The number of nitrogens with two attached hydrogens (primary N) is 1. The van der Waals surface area contributed by atoms with Crippen LogP contribution in [-0.4, -0.2) is 20.4 Å². The summed E-state index contributed by atoms with van der Waals surface area (Å²) in [5.41, 5.74) is 7.00. The number of hydrogen-bond acceptors (Lipinski definition) is 4. The summed E-state index contributed by atoms with van der Waals surface area (Å²) in [6, 6.07) is 15.1. The van der Waals surface area contributed by atoms with Gasteiger partial charge in [-0.3, -0.25) is 4.79 Å². The average Bonchev–Trinajstić information content (AvgIpc) is 2.55. The molecule has 0 unspecified atom stereocenters. The minimum Gasteiger partial charge on any atom is -0.489 e. The lowest BCUT2D eigenvalue weighted by atomic mass is 10.1. The van der Waals surface area contributed by atoms with Gasteiger partial charge in [0.1, 0.15) is 18.6 Å². The summed E-state index contributed by atoms with van der Waals surface area (Å²) in [4.78, 5) is 11.0. The monoisotopic (exact) mass is 272 g/mol. The molecular formula is C16H20N2O2.